The number of hydrogen-bond acceptors (Lipinski definition) is 5. The second kappa shape index (κ2) is 7.34. The van der Waals surface area contributed by atoms with Gasteiger partial charge in [0, 0.05) is 24.5 Å². The Hall–Kier alpha value is -3.33. The number of nitrogens with zero attached hydrogens (tertiary/aromatic N) is 6. The van der Waals surface area contributed by atoms with E-state index in [2.05, 4.69) is 22.4 Å². The molecule has 9 heteroatoms. The third kappa shape index (κ3) is 3.38. The van der Waals surface area contributed by atoms with Gasteiger partial charge in [-0.3, -0.25) is 14.4 Å². The van der Waals surface area contributed by atoms with E-state index in [1.807, 2.05) is 17.5 Å². The molecule has 2 fully saturated rings. The predicted molar refractivity (Wildman–Crippen MR) is 123 cm³/mol. The Labute approximate surface area is 190 Å². The molecule has 1 aliphatic heterocycles. The lowest BCUT2D eigenvalue weighted by atomic mass is 10.1. The van der Waals surface area contributed by atoms with Gasteiger partial charge in [-0.1, -0.05) is 0 Å². The normalized spacial score (nSPS) is 19.1. The fraction of sp³-hybridized carbons (Fsp3) is 0.417. The summed E-state index contributed by atoms with van der Waals surface area (Å²) in [6.45, 7) is 2.89. The van der Waals surface area contributed by atoms with Crippen molar-refractivity contribution in [3.63, 3.8) is 0 Å². The topological polar surface area (TPSA) is 80.4 Å². The van der Waals surface area contributed by atoms with Gasteiger partial charge < -0.3 is 9.72 Å². The number of carbonyl (C=O) groups is 1. The van der Waals surface area contributed by atoms with Crippen molar-refractivity contribution in [3.8, 4) is 0 Å². The van der Waals surface area contributed by atoms with E-state index < -0.39 is 11.7 Å². The maximum Gasteiger partial charge on any atom is 0.259 e. The summed E-state index contributed by atoms with van der Waals surface area (Å²) in [6, 6.07) is 3.23. The quantitative estimate of drug-likeness (QED) is 0.512. The fourth-order valence-electron chi connectivity index (χ4n) is 4.99. The zero-order valence-electron chi connectivity index (χ0n) is 19.0. The second-order valence-electron chi connectivity index (χ2n) is 9.33. The molecular weight excluding hydrogens is 421 g/mol. The van der Waals surface area contributed by atoms with E-state index in [-0.39, 0.29) is 5.56 Å². The molecule has 8 nitrogen and oxygen atoms in total. The van der Waals surface area contributed by atoms with Crippen LogP contribution in [0.4, 0.5) is 10.2 Å². The van der Waals surface area contributed by atoms with Crippen LogP contribution in [0.1, 0.15) is 65.1 Å². The number of carbonyl (C=O) groups excluding carboxylic acids is 1. The lowest BCUT2D eigenvalue weighted by Gasteiger charge is -2.16. The van der Waals surface area contributed by atoms with Crippen molar-refractivity contribution in [3.05, 3.63) is 53.0 Å². The van der Waals surface area contributed by atoms with Crippen LogP contribution in [-0.4, -0.2) is 48.5 Å². The lowest BCUT2D eigenvalue weighted by Crippen LogP contribution is -2.17. The molecule has 4 heterocycles. The molecule has 1 amide bonds. The SMILES string of the molecule is Cc1nn(C)c2cc(C(=O)Nc3cn4cc([C@H]5CCCN5C)nc4c(C4CC4)n3)c(F)cc12. The van der Waals surface area contributed by atoms with Crippen LogP contribution in [-0.2, 0) is 7.05 Å². The highest BCUT2D eigenvalue weighted by Crippen LogP contribution is 2.42. The van der Waals surface area contributed by atoms with E-state index in [4.69, 9.17) is 9.97 Å². The first-order chi connectivity index (χ1) is 15.9. The minimum absolute atomic E-state index is 0.0285. The molecule has 1 saturated carbocycles. The average Bonchev–Trinajstić information content (AvgIpc) is 3.30. The van der Waals surface area contributed by atoms with Crippen LogP contribution in [0.3, 0.4) is 0 Å². The minimum atomic E-state index is -0.575. The molecule has 4 aromatic rings. The van der Waals surface area contributed by atoms with Gasteiger partial charge in [0.25, 0.3) is 5.91 Å². The third-order valence-corrected chi connectivity index (χ3v) is 6.92. The summed E-state index contributed by atoms with van der Waals surface area (Å²) in [4.78, 5) is 25.0. The van der Waals surface area contributed by atoms with Crippen LogP contribution in [0.15, 0.2) is 24.5 Å². The van der Waals surface area contributed by atoms with Gasteiger partial charge in [0.2, 0.25) is 0 Å². The molecule has 6 rings (SSSR count). The zero-order valence-corrected chi connectivity index (χ0v) is 19.0. The number of benzene rings is 1. The molecule has 2 aliphatic rings. The number of likely N-dealkylation sites (tertiary alicyclic amines) is 1. The van der Waals surface area contributed by atoms with Gasteiger partial charge in [0.05, 0.1) is 40.4 Å². The van der Waals surface area contributed by atoms with Crippen LogP contribution in [0.5, 0.6) is 0 Å². The number of rotatable bonds is 4. The highest BCUT2D eigenvalue weighted by atomic mass is 19.1. The monoisotopic (exact) mass is 447 g/mol. The molecule has 33 heavy (non-hydrogen) atoms. The largest absolute Gasteiger partial charge is 0.305 e. The van der Waals surface area contributed by atoms with E-state index in [0.717, 1.165) is 55.0 Å². The molecular formula is C24H26FN7O. The highest BCUT2D eigenvalue weighted by molar-refractivity contribution is 6.06. The van der Waals surface area contributed by atoms with Gasteiger partial charge in [0.15, 0.2) is 5.65 Å². The van der Waals surface area contributed by atoms with Crippen LogP contribution >= 0.6 is 0 Å². The van der Waals surface area contributed by atoms with E-state index in [0.29, 0.717) is 28.7 Å². The predicted octanol–water partition coefficient (Wildman–Crippen LogP) is 3.96. The van der Waals surface area contributed by atoms with Crippen molar-refractivity contribution in [2.24, 2.45) is 7.05 Å². The van der Waals surface area contributed by atoms with Crippen LogP contribution in [0.2, 0.25) is 0 Å². The number of fused-ring (bicyclic) bond motifs is 2. The Kier molecular flexibility index (Phi) is 4.52. The smallest absolute Gasteiger partial charge is 0.259 e. The minimum Gasteiger partial charge on any atom is -0.305 e. The van der Waals surface area contributed by atoms with Gasteiger partial charge in [-0.05, 0) is 58.3 Å². The summed E-state index contributed by atoms with van der Waals surface area (Å²) >= 11 is 0. The van der Waals surface area contributed by atoms with E-state index in [9.17, 15) is 9.18 Å². The van der Waals surface area contributed by atoms with Gasteiger partial charge in [-0.2, -0.15) is 5.10 Å². The zero-order chi connectivity index (χ0) is 22.9. The van der Waals surface area contributed by atoms with Gasteiger partial charge in [-0.25, -0.2) is 14.4 Å². The Balaban J connectivity index is 1.37. The summed E-state index contributed by atoms with van der Waals surface area (Å²) in [5, 5.41) is 7.83. The Morgan fingerprint density at radius 3 is 2.70 bits per heavy atom. The Morgan fingerprint density at radius 2 is 1.97 bits per heavy atom. The summed E-state index contributed by atoms with van der Waals surface area (Å²) in [5.74, 6) is -0.350. The molecule has 0 spiro atoms. The van der Waals surface area contributed by atoms with Crippen molar-refractivity contribution in [2.75, 3.05) is 18.9 Å². The number of halogens is 1. The third-order valence-electron chi connectivity index (χ3n) is 6.92. The van der Waals surface area contributed by atoms with Gasteiger partial charge >= 0.3 is 0 Å². The molecule has 0 unspecified atom stereocenters. The number of hydrogen-bond donors (Lipinski definition) is 1. The number of imidazole rings is 1. The first-order valence-electron chi connectivity index (χ1n) is 11.4. The second-order valence-corrected chi connectivity index (χ2v) is 9.33. The van der Waals surface area contributed by atoms with Gasteiger partial charge in [0.1, 0.15) is 11.6 Å². The number of anilines is 1. The molecule has 1 N–H and O–H groups in total. The summed E-state index contributed by atoms with van der Waals surface area (Å²) in [7, 11) is 3.91. The first-order valence-corrected chi connectivity index (χ1v) is 11.4. The average molecular weight is 448 g/mol. The number of aromatic nitrogens is 5. The standard InChI is InChI=1S/C24H26FN7O/c1-13-15-9-17(25)16(10-20(15)31(3)29-13)24(33)28-21-12-32-11-18(19-5-4-8-30(19)2)26-23(32)22(27-21)14-6-7-14/h9-12,14,19H,4-8H2,1-3H3,(H,28,33)/t19-/m1/s1. The van der Waals surface area contributed by atoms with E-state index in [1.54, 1.807) is 24.0 Å². The maximum atomic E-state index is 14.8. The molecule has 0 bridgehead atoms. The molecule has 3 aromatic heterocycles. The van der Waals surface area contributed by atoms with E-state index >= 15 is 0 Å². The summed E-state index contributed by atoms with van der Waals surface area (Å²) in [5.41, 5.74) is 4.19. The summed E-state index contributed by atoms with van der Waals surface area (Å²) in [6.07, 6.45) is 8.19. The van der Waals surface area contributed by atoms with E-state index in [1.165, 1.54) is 6.07 Å². The molecule has 1 aliphatic carbocycles. The molecule has 1 atom stereocenters. The van der Waals surface area contributed by atoms with Crippen LogP contribution in [0.25, 0.3) is 16.6 Å². The van der Waals surface area contributed by atoms with Crippen molar-refractivity contribution in [2.45, 2.75) is 44.6 Å². The Morgan fingerprint density at radius 1 is 1.15 bits per heavy atom. The molecule has 1 saturated heterocycles. The van der Waals surface area contributed by atoms with Gasteiger partial charge in [-0.15, -0.1) is 0 Å². The van der Waals surface area contributed by atoms with Crippen LogP contribution in [0, 0.1) is 12.7 Å². The molecule has 170 valence electrons. The fourth-order valence-corrected chi connectivity index (χ4v) is 4.99. The van der Waals surface area contributed by atoms with Crippen molar-refractivity contribution < 1.29 is 9.18 Å². The first kappa shape index (κ1) is 20.3. The molecule has 0 radical (unpaired) electrons. The number of nitrogens with one attached hydrogen (secondary N) is 1. The highest BCUT2D eigenvalue weighted by Gasteiger charge is 2.31. The lowest BCUT2D eigenvalue weighted by molar-refractivity contribution is 0.102. The number of aryl methyl sites for hydroxylation is 2. The Bertz CT molecular complexity index is 1420. The molecule has 1 aromatic carbocycles. The van der Waals surface area contributed by atoms with Crippen molar-refractivity contribution in [1.82, 2.24) is 29.0 Å². The van der Waals surface area contributed by atoms with Crippen molar-refractivity contribution in [1.29, 1.82) is 0 Å². The van der Waals surface area contributed by atoms with Crippen molar-refractivity contribution >= 4 is 28.3 Å². The summed E-state index contributed by atoms with van der Waals surface area (Å²) < 4.78 is 18.4. The maximum absolute atomic E-state index is 14.8. The van der Waals surface area contributed by atoms with Crippen LogP contribution < -0.4 is 5.32 Å². The number of amides is 1.